The summed E-state index contributed by atoms with van der Waals surface area (Å²) >= 11 is 0. The Labute approximate surface area is 167 Å². The van der Waals surface area contributed by atoms with Crippen LogP contribution in [0.5, 0.6) is 11.8 Å². The van der Waals surface area contributed by atoms with Crippen LogP contribution in [0.3, 0.4) is 0 Å². The second-order valence-electron chi connectivity index (χ2n) is 6.62. The van der Waals surface area contributed by atoms with Crippen LogP contribution < -0.4 is 19.9 Å². The van der Waals surface area contributed by atoms with Crippen LogP contribution in [0, 0.1) is 5.82 Å². The average molecular weight is 424 g/mol. The van der Waals surface area contributed by atoms with Gasteiger partial charge < -0.3 is 15.2 Å². The highest BCUT2D eigenvalue weighted by Crippen LogP contribution is 2.24. The van der Waals surface area contributed by atoms with E-state index in [4.69, 9.17) is 15.2 Å². The fraction of sp³-hybridized carbons (Fsp3) is 0.389. The van der Waals surface area contributed by atoms with Gasteiger partial charge in [-0.25, -0.2) is 27.5 Å². The van der Waals surface area contributed by atoms with Crippen LogP contribution in [-0.2, 0) is 14.8 Å². The molecule has 1 aromatic heterocycles. The van der Waals surface area contributed by atoms with Crippen molar-refractivity contribution in [2.45, 2.75) is 42.7 Å². The molecule has 1 fully saturated rings. The summed E-state index contributed by atoms with van der Waals surface area (Å²) in [7, 11) is -3.69. The van der Waals surface area contributed by atoms with Gasteiger partial charge >= 0.3 is 6.01 Å². The number of primary amides is 1. The van der Waals surface area contributed by atoms with E-state index < -0.39 is 21.7 Å². The van der Waals surface area contributed by atoms with Crippen LogP contribution in [0.4, 0.5) is 4.39 Å². The highest BCUT2D eigenvalue weighted by Gasteiger charge is 2.27. The van der Waals surface area contributed by atoms with Gasteiger partial charge in [-0.05, 0) is 49.9 Å². The molecule has 1 aromatic carbocycles. The maximum atomic E-state index is 12.8. The van der Waals surface area contributed by atoms with Gasteiger partial charge in [-0.15, -0.1) is 0 Å². The lowest BCUT2D eigenvalue weighted by Crippen LogP contribution is -2.39. The Kier molecular flexibility index (Phi) is 6.60. The molecule has 9 nitrogen and oxygen atoms in total. The van der Waals surface area contributed by atoms with Crippen molar-refractivity contribution >= 4 is 15.9 Å². The number of amides is 1. The molecule has 1 saturated carbocycles. The number of benzene rings is 1. The number of carbonyl (C=O) groups excluding carboxylic acids is 1. The third-order valence-corrected chi connectivity index (χ3v) is 5.92. The van der Waals surface area contributed by atoms with Crippen LogP contribution in [0.15, 0.2) is 41.6 Å². The van der Waals surface area contributed by atoms with Gasteiger partial charge in [0, 0.05) is 6.04 Å². The number of hydrogen-bond acceptors (Lipinski definition) is 7. The molecule has 0 spiro atoms. The first kappa shape index (κ1) is 20.9. The van der Waals surface area contributed by atoms with Gasteiger partial charge in [-0.3, -0.25) is 4.79 Å². The molecule has 0 radical (unpaired) electrons. The van der Waals surface area contributed by atoms with Gasteiger partial charge in [0.05, 0.1) is 17.3 Å². The first-order chi connectivity index (χ1) is 13.8. The van der Waals surface area contributed by atoms with Crippen LogP contribution in [0.1, 0.15) is 25.7 Å². The largest absolute Gasteiger partial charge is 0.484 e. The molecule has 3 N–H and O–H groups in total. The van der Waals surface area contributed by atoms with Crippen LogP contribution >= 0.6 is 0 Å². The van der Waals surface area contributed by atoms with E-state index in [0.29, 0.717) is 31.4 Å². The van der Waals surface area contributed by atoms with Gasteiger partial charge in [-0.2, -0.15) is 0 Å². The summed E-state index contributed by atoms with van der Waals surface area (Å²) in [5, 5.41) is 0. The van der Waals surface area contributed by atoms with Crippen LogP contribution in [0.25, 0.3) is 0 Å². The Bertz CT molecular complexity index is 930. The smallest absolute Gasteiger partial charge is 0.316 e. The molecule has 1 aliphatic rings. The van der Waals surface area contributed by atoms with Crippen molar-refractivity contribution in [3.8, 4) is 11.8 Å². The van der Waals surface area contributed by atoms with Gasteiger partial charge in [0.25, 0.3) is 5.91 Å². The molecule has 0 aliphatic heterocycles. The molecule has 0 saturated heterocycles. The topological polar surface area (TPSA) is 134 Å². The Hall–Kier alpha value is -2.79. The molecule has 1 aliphatic carbocycles. The predicted molar refractivity (Wildman–Crippen MR) is 100 cm³/mol. The van der Waals surface area contributed by atoms with Crippen molar-refractivity contribution < 1.29 is 27.1 Å². The highest BCUT2D eigenvalue weighted by molar-refractivity contribution is 7.89. The lowest BCUT2D eigenvalue weighted by Gasteiger charge is -2.28. The number of sulfonamides is 1. The Morgan fingerprint density at radius 1 is 1.14 bits per heavy atom. The molecule has 0 bridgehead atoms. The summed E-state index contributed by atoms with van der Waals surface area (Å²) in [5.74, 6) is -0.805. The summed E-state index contributed by atoms with van der Waals surface area (Å²) in [6.07, 6.45) is 4.33. The number of aromatic nitrogens is 2. The molecular formula is C18H21FN4O5S. The van der Waals surface area contributed by atoms with E-state index >= 15 is 0 Å². The lowest BCUT2D eigenvalue weighted by atomic mass is 9.94. The Balaban J connectivity index is 1.51. The van der Waals surface area contributed by atoms with E-state index in [-0.39, 0.29) is 29.7 Å². The van der Waals surface area contributed by atoms with Crippen molar-refractivity contribution in [3.05, 3.63) is 42.5 Å². The number of carbonyl (C=O) groups is 1. The number of hydrogen-bond donors (Lipinski definition) is 2. The van der Waals surface area contributed by atoms with Crippen molar-refractivity contribution in [2.24, 2.45) is 5.73 Å². The maximum absolute atomic E-state index is 12.8. The molecule has 3 rings (SSSR count). The lowest BCUT2D eigenvalue weighted by molar-refractivity contribution is -0.119. The standard InChI is InChI=1S/C18H21FN4O5S/c19-12-9-21-18(22-10-12)28-15-3-1-13(2-4-15)23-29(25,26)16-7-5-14(6-8-16)27-11-17(20)24/h5-10,13,15,23H,1-4,11H2,(H2,20,24). The first-order valence-corrected chi connectivity index (χ1v) is 10.5. The minimum atomic E-state index is -3.69. The summed E-state index contributed by atoms with van der Waals surface area (Å²) in [4.78, 5) is 18.3. The third-order valence-electron chi connectivity index (χ3n) is 4.38. The zero-order valence-electron chi connectivity index (χ0n) is 15.5. The van der Waals surface area contributed by atoms with Gasteiger partial charge in [-0.1, -0.05) is 0 Å². The van der Waals surface area contributed by atoms with Gasteiger partial charge in [0.15, 0.2) is 12.4 Å². The highest BCUT2D eigenvalue weighted by atomic mass is 32.2. The molecule has 29 heavy (non-hydrogen) atoms. The molecule has 2 aromatic rings. The summed E-state index contributed by atoms with van der Waals surface area (Å²) in [5.41, 5.74) is 5.00. The van der Waals surface area contributed by atoms with Crippen molar-refractivity contribution in [1.82, 2.24) is 14.7 Å². The normalized spacial score (nSPS) is 19.5. The quantitative estimate of drug-likeness (QED) is 0.649. The number of nitrogens with one attached hydrogen (secondary N) is 1. The second-order valence-corrected chi connectivity index (χ2v) is 8.34. The zero-order chi connectivity index (χ0) is 20.9. The zero-order valence-corrected chi connectivity index (χ0v) is 16.3. The molecule has 0 unspecified atom stereocenters. The van der Waals surface area contributed by atoms with E-state index in [0.717, 1.165) is 12.4 Å². The van der Waals surface area contributed by atoms with E-state index in [1.165, 1.54) is 24.3 Å². The summed E-state index contributed by atoms with van der Waals surface area (Å²) in [6.45, 7) is -0.279. The van der Waals surface area contributed by atoms with E-state index in [1.807, 2.05) is 0 Å². The molecule has 1 heterocycles. The number of halogens is 1. The van der Waals surface area contributed by atoms with Gasteiger partial charge in [0.1, 0.15) is 11.9 Å². The number of ether oxygens (including phenoxy) is 2. The third kappa shape index (κ3) is 6.09. The van der Waals surface area contributed by atoms with Crippen molar-refractivity contribution in [1.29, 1.82) is 0 Å². The number of nitrogens with two attached hydrogens (primary N) is 1. The Morgan fingerprint density at radius 2 is 1.76 bits per heavy atom. The van der Waals surface area contributed by atoms with E-state index in [9.17, 15) is 17.6 Å². The molecular weight excluding hydrogens is 403 g/mol. The maximum Gasteiger partial charge on any atom is 0.316 e. The fourth-order valence-electron chi connectivity index (χ4n) is 2.97. The average Bonchev–Trinajstić information content (AvgIpc) is 2.70. The molecule has 156 valence electrons. The summed E-state index contributed by atoms with van der Waals surface area (Å²) < 4.78 is 51.4. The van der Waals surface area contributed by atoms with Crippen LogP contribution in [0.2, 0.25) is 0 Å². The molecule has 0 atom stereocenters. The number of nitrogens with zero attached hydrogens (tertiary/aromatic N) is 2. The van der Waals surface area contributed by atoms with E-state index in [1.54, 1.807) is 0 Å². The minimum absolute atomic E-state index is 0.0991. The predicted octanol–water partition coefficient (Wildman–Crippen LogP) is 1.15. The fourth-order valence-corrected chi connectivity index (χ4v) is 4.27. The van der Waals surface area contributed by atoms with Crippen molar-refractivity contribution in [3.63, 3.8) is 0 Å². The SMILES string of the molecule is NC(=O)COc1ccc(S(=O)(=O)NC2CCC(Oc3ncc(F)cn3)CC2)cc1. The first-order valence-electron chi connectivity index (χ1n) is 8.99. The second kappa shape index (κ2) is 9.14. The minimum Gasteiger partial charge on any atom is -0.484 e. The number of rotatable bonds is 8. The van der Waals surface area contributed by atoms with Gasteiger partial charge in [0.2, 0.25) is 10.0 Å². The molecule has 11 heteroatoms. The van der Waals surface area contributed by atoms with Crippen LogP contribution in [-0.4, -0.2) is 43.0 Å². The van der Waals surface area contributed by atoms with Crippen molar-refractivity contribution in [2.75, 3.05) is 6.61 Å². The summed E-state index contributed by atoms with van der Waals surface area (Å²) in [6, 6.07) is 5.61. The van der Waals surface area contributed by atoms with E-state index in [2.05, 4.69) is 14.7 Å². The Morgan fingerprint density at radius 3 is 2.34 bits per heavy atom. The molecule has 1 amide bonds. The monoisotopic (exact) mass is 424 g/mol.